The number of nitrogens with one attached hydrogen (secondary N) is 1. The van der Waals surface area contributed by atoms with Gasteiger partial charge in [0.05, 0.1) is 18.4 Å². The van der Waals surface area contributed by atoms with Gasteiger partial charge in [-0.05, 0) is 50.2 Å². The molecule has 33 heavy (non-hydrogen) atoms. The quantitative estimate of drug-likeness (QED) is 0.493. The summed E-state index contributed by atoms with van der Waals surface area (Å²) in [5, 5.41) is 11.9. The number of carbonyl (C=O) groups is 1. The summed E-state index contributed by atoms with van der Waals surface area (Å²) in [6.45, 7) is 1.97. The Morgan fingerprint density at radius 2 is 2.00 bits per heavy atom. The van der Waals surface area contributed by atoms with E-state index < -0.39 is 0 Å². The lowest BCUT2D eigenvalue weighted by atomic mass is 10.1. The van der Waals surface area contributed by atoms with Gasteiger partial charge in [0.2, 0.25) is 11.7 Å². The molecule has 0 atom stereocenters. The Hall–Kier alpha value is -3.94. The average molecular weight is 446 g/mol. The summed E-state index contributed by atoms with van der Waals surface area (Å²) >= 11 is 0. The van der Waals surface area contributed by atoms with Crippen LogP contribution < -0.4 is 19.5 Å². The van der Waals surface area contributed by atoms with E-state index in [0.29, 0.717) is 34.1 Å². The van der Waals surface area contributed by atoms with Crippen molar-refractivity contribution in [1.82, 2.24) is 4.90 Å². The number of para-hydroxylation sites is 1. The van der Waals surface area contributed by atoms with E-state index in [1.165, 1.54) is 6.08 Å². The van der Waals surface area contributed by atoms with Gasteiger partial charge < -0.3 is 24.4 Å². The van der Waals surface area contributed by atoms with Crippen molar-refractivity contribution in [2.45, 2.75) is 18.9 Å². The molecule has 1 heterocycles. The van der Waals surface area contributed by atoms with Crippen molar-refractivity contribution in [3.8, 4) is 35.7 Å². The second kappa shape index (κ2) is 11.6. The summed E-state index contributed by atoms with van der Waals surface area (Å²) < 4.78 is 17.6. The van der Waals surface area contributed by atoms with E-state index in [2.05, 4.69) is 29.3 Å². The number of rotatable bonds is 8. The first kappa shape index (κ1) is 23.7. The van der Waals surface area contributed by atoms with Gasteiger partial charge in [-0.15, -0.1) is 6.42 Å². The highest BCUT2D eigenvalue weighted by atomic mass is 16.5. The number of nitrogens with zero attached hydrogens (tertiary/aromatic N) is 2. The number of amides is 1. The Labute approximate surface area is 194 Å². The highest BCUT2D eigenvalue weighted by molar-refractivity contribution is 6.02. The maximum Gasteiger partial charge on any atom is 0.248 e. The molecule has 170 valence electrons. The number of ether oxygens (including phenoxy) is 3. The Kier molecular flexibility index (Phi) is 8.35. The predicted octanol–water partition coefficient (Wildman–Crippen LogP) is 3.70. The van der Waals surface area contributed by atoms with Crippen molar-refractivity contribution in [3.63, 3.8) is 0 Å². The number of hydrogen-bond donors (Lipinski definition) is 1. The van der Waals surface area contributed by atoms with Crippen LogP contribution >= 0.6 is 0 Å². The molecular formula is C26H27N3O4. The van der Waals surface area contributed by atoms with E-state index in [1.54, 1.807) is 49.6 Å². The van der Waals surface area contributed by atoms with Crippen LogP contribution in [0.3, 0.4) is 0 Å². The minimum absolute atomic E-state index is 0.0152. The lowest BCUT2D eigenvalue weighted by Gasteiger charge is -2.30. The number of benzene rings is 2. The molecule has 0 bridgehead atoms. The monoisotopic (exact) mass is 445 g/mol. The molecule has 7 nitrogen and oxygen atoms in total. The number of anilines is 1. The van der Waals surface area contributed by atoms with Gasteiger partial charge in [-0.3, -0.25) is 4.79 Å². The van der Waals surface area contributed by atoms with Crippen LogP contribution in [0.2, 0.25) is 0 Å². The molecule has 1 N–H and O–H groups in total. The number of hydrogen-bond acceptors (Lipinski definition) is 6. The van der Waals surface area contributed by atoms with Crippen LogP contribution in [0, 0.1) is 23.7 Å². The molecule has 0 radical (unpaired) electrons. The van der Waals surface area contributed by atoms with Crippen LogP contribution in [0.1, 0.15) is 24.0 Å². The molecule has 0 aromatic heterocycles. The van der Waals surface area contributed by atoms with Crippen molar-refractivity contribution in [2.75, 3.05) is 39.2 Å². The minimum Gasteiger partial charge on any atom is -0.490 e. The Bertz CT molecular complexity index is 1090. The molecule has 1 aliphatic heterocycles. The fourth-order valence-corrected chi connectivity index (χ4v) is 3.54. The van der Waals surface area contributed by atoms with Crippen molar-refractivity contribution in [3.05, 3.63) is 53.6 Å². The molecule has 0 unspecified atom stereocenters. The van der Waals surface area contributed by atoms with Crippen LogP contribution in [-0.4, -0.2) is 50.8 Å². The maximum absolute atomic E-state index is 12.5. The summed E-state index contributed by atoms with van der Waals surface area (Å²) in [6.07, 6.45) is 10.2. The number of likely N-dealkylation sites (tertiary alicyclic amines) is 1. The lowest BCUT2D eigenvalue weighted by molar-refractivity contribution is -0.111. The van der Waals surface area contributed by atoms with Crippen LogP contribution in [0.5, 0.6) is 17.2 Å². The Morgan fingerprint density at radius 1 is 1.24 bits per heavy atom. The molecule has 1 fully saturated rings. The first-order chi connectivity index (χ1) is 16.0. The Balaban J connectivity index is 1.86. The number of piperidine rings is 1. The fraction of sp³-hybridized carbons (Fsp3) is 0.308. The fourth-order valence-electron chi connectivity index (χ4n) is 3.54. The average Bonchev–Trinajstić information content (AvgIpc) is 2.83. The number of carbonyl (C=O) groups excluding carboxylic acids is 1. The zero-order chi connectivity index (χ0) is 23.6. The molecule has 1 aliphatic rings. The van der Waals surface area contributed by atoms with Gasteiger partial charge in [0, 0.05) is 24.7 Å². The second-order valence-electron chi connectivity index (χ2n) is 7.61. The largest absolute Gasteiger partial charge is 0.490 e. The van der Waals surface area contributed by atoms with Crippen molar-refractivity contribution in [2.24, 2.45) is 0 Å². The standard InChI is InChI=1S/C26H27N3O4/c1-4-17-32-23-11-9-19(10-12-24(30)28-22-8-6-5-7-20(22)18-27)25(26(23)31-3)33-21-13-15-29(2)16-14-21/h1,5-12,21H,13-17H2,2-3H3,(H,28,30)/b12-10+. The summed E-state index contributed by atoms with van der Waals surface area (Å²) in [4.78, 5) is 14.8. The van der Waals surface area contributed by atoms with Crippen LogP contribution in [-0.2, 0) is 4.79 Å². The van der Waals surface area contributed by atoms with E-state index in [1.807, 2.05) is 0 Å². The van der Waals surface area contributed by atoms with E-state index >= 15 is 0 Å². The summed E-state index contributed by atoms with van der Waals surface area (Å²) in [6, 6.07) is 12.4. The molecule has 7 heteroatoms. The third-order valence-electron chi connectivity index (χ3n) is 5.29. The van der Waals surface area contributed by atoms with Gasteiger partial charge in [0.25, 0.3) is 0 Å². The summed E-state index contributed by atoms with van der Waals surface area (Å²) in [5.74, 6) is 3.49. The molecule has 2 aromatic rings. The van der Waals surface area contributed by atoms with Gasteiger partial charge in [-0.2, -0.15) is 5.26 Å². The first-order valence-corrected chi connectivity index (χ1v) is 10.7. The van der Waals surface area contributed by atoms with E-state index in [9.17, 15) is 10.1 Å². The summed E-state index contributed by atoms with van der Waals surface area (Å²) in [7, 11) is 3.63. The molecular weight excluding hydrogens is 418 g/mol. The highest BCUT2D eigenvalue weighted by Gasteiger charge is 2.23. The lowest BCUT2D eigenvalue weighted by Crippen LogP contribution is -2.35. The molecule has 1 saturated heterocycles. The number of nitriles is 1. The topological polar surface area (TPSA) is 83.8 Å². The van der Waals surface area contributed by atoms with Crippen LogP contribution in [0.15, 0.2) is 42.5 Å². The molecule has 0 spiro atoms. The Morgan fingerprint density at radius 3 is 2.70 bits per heavy atom. The third kappa shape index (κ3) is 6.29. The van der Waals surface area contributed by atoms with Crippen LogP contribution in [0.25, 0.3) is 6.08 Å². The SMILES string of the molecule is C#CCOc1ccc(/C=C/C(=O)Nc2ccccc2C#N)c(OC2CCN(C)CC2)c1OC. The van der Waals surface area contributed by atoms with Crippen LogP contribution in [0.4, 0.5) is 5.69 Å². The predicted molar refractivity (Wildman–Crippen MR) is 127 cm³/mol. The molecule has 1 amide bonds. The van der Waals surface area contributed by atoms with Gasteiger partial charge in [0.15, 0.2) is 11.5 Å². The minimum atomic E-state index is -0.366. The van der Waals surface area contributed by atoms with Crippen molar-refractivity contribution < 1.29 is 19.0 Å². The van der Waals surface area contributed by atoms with E-state index in [-0.39, 0.29) is 18.6 Å². The number of terminal acetylenes is 1. The van der Waals surface area contributed by atoms with Gasteiger partial charge in [-0.25, -0.2) is 0 Å². The van der Waals surface area contributed by atoms with Gasteiger partial charge in [0.1, 0.15) is 18.8 Å². The van der Waals surface area contributed by atoms with Gasteiger partial charge in [-0.1, -0.05) is 18.1 Å². The second-order valence-corrected chi connectivity index (χ2v) is 7.61. The molecule has 2 aromatic carbocycles. The highest BCUT2D eigenvalue weighted by Crippen LogP contribution is 2.42. The van der Waals surface area contributed by atoms with Crippen molar-refractivity contribution in [1.29, 1.82) is 5.26 Å². The molecule has 0 aliphatic carbocycles. The smallest absolute Gasteiger partial charge is 0.248 e. The third-order valence-corrected chi connectivity index (χ3v) is 5.29. The molecule has 0 saturated carbocycles. The number of methoxy groups -OCH3 is 1. The van der Waals surface area contributed by atoms with E-state index in [4.69, 9.17) is 20.6 Å². The van der Waals surface area contributed by atoms with Gasteiger partial charge >= 0.3 is 0 Å². The zero-order valence-electron chi connectivity index (χ0n) is 18.8. The summed E-state index contributed by atoms with van der Waals surface area (Å²) in [5.41, 5.74) is 1.51. The van der Waals surface area contributed by atoms with Crippen molar-refractivity contribution >= 4 is 17.7 Å². The first-order valence-electron chi connectivity index (χ1n) is 10.7. The normalized spacial score (nSPS) is 14.3. The maximum atomic E-state index is 12.5. The zero-order valence-corrected chi connectivity index (χ0v) is 18.8. The van der Waals surface area contributed by atoms with E-state index in [0.717, 1.165) is 25.9 Å². The molecule has 3 rings (SSSR count).